The zero-order valence-corrected chi connectivity index (χ0v) is 10.3. The van der Waals surface area contributed by atoms with Crippen molar-refractivity contribution in [2.24, 2.45) is 5.73 Å². The number of thioether (sulfide) groups is 1. The van der Waals surface area contributed by atoms with Crippen molar-refractivity contribution in [3.8, 4) is 0 Å². The number of hydrogen-bond donors (Lipinski definition) is 2. The van der Waals surface area contributed by atoms with Crippen LogP contribution in [0.25, 0.3) is 0 Å². The second-order valence-corrected chi connectivity index (χ2v) is 7.08. The van der Waals surface area contributed by atoms with Gasteiger partial charge in [-0.25, -0.2) is 8.42 Å². The molecule has 0 aliphatic rings. The Morgan fingerprint density at radius 3 is 2.53 bits per heavy atom. The number of carbonyl (C=O) groups excluding carboxylic acids is 1. The quantitative estimate of drug-likeness (QED) is 0.603. The van der Waals surface area contributed by atoms with Gasteiger partial charge in [0.2, 0.25) is 5.91 Å². The van der Waals surface area contributed by atoms with Crippen LogP contribution < -0.4 is 5.73 Å². The Balaban J connectivity index is 3.79. The average Bonchev–Trinajstić information content (AvgIpc) is 2.14. The van der Waals surface area contributed by atoms with Crippen molar-refractivity contribution >= 4 is 27.5 Å². The van der Waals surface area contributed by atoms with Gasteiger partial charge in [-0.3, -0.25) is 4.79 Å². The van der Waals surface area contributed by atoms with Gasteiger partial charge in [0.15, 0.2) is 9.84 Å². The van der Waals surface area contributed by atoms with Crippen LogP contribution in [0, 0.1) is 0 Å². The molecule has 0 rings (SSSR count). The van der Waals surface area contributed by atoms with Crippen LogP contribution in [-0.2, 0) is 14.6 Å². The number of aliphatic hydroxyl groups excluding tert-OH is 1. The summed E-state index contributed by atoms with van der Waals surface area (Å²) in [4.78, 5) is 10.4. The van der Waals surface area contributed by atoms with Gasteiger partial charge in [-0.15, -0.1) is 0 Å². The molecule has 0 fully saturated rings. The number of hydrogen-bond acceptors (Lipinski definition) is 5. The molecule has 1 unspecified atom stereocenters. The Labute approximate surface area is 94.3 Å². The number of amides is 1. The standard InChI is InChI=1S/C8H17NO4S2/c1-7(6-10)14-3-5-15(12,13)4-2-8(9)11/h7,10H,2-6H2,1H3,(H2,9,11). The number of sulfone groups is 1. The molecular weight excluding hydrogens is 238 g/mol. The van der Waals surface area contributed by atoms with Gasteiger partial charge >= 0.3 is 0 Å². The van der Waals surface area contributed by atoms with Gasteiger partial charge in [0.25, 0.3) is 0 Å². The van der Waals surface area contributed by atoms with Gasteiger partial charge in [-0.1, -0.05) is 6.92 Å². The molecule has 7 heteroatoms. The maximum atomic E-state index is 11.3. The molecule has 0 aromatic rings. The minimum atomic E-state index is -3.18. The normalized spacial score (nSPS) is 13.7. The molecule has 3 N–H and O–H groups in total. The third kappa shape index (κ3) is 8.71. The van der Waals surface area contributed by atoms with Crippen molar-refractivity contribution < 1.29 is 18.3 Å². The Bertz CT molecular complexity index is 289. The minimum absolute atomic E-state index is 0.0231. The fraction of sp³-hybridized carbons (Fsp3) is 0.875. The van der Waals surface area contributed by atoms with Gasteiger partial charge in [-0.2, -0.15) is 11.8 Å². The highest BCUT2D eigenvalue weighted by Gasteiger charge is 2.12. The van der Waals surface area contributed by atoms with E-state index < -0.39 is 15.7 Å². The van der Waals surface area contributed by atoms with Crippen LogP contribution in [-0.4, -0.2) is 48.5 Å². The SMILES string of the molecule is CC(CO)SCCS(=O)(=O)CCC(N)=O. The molecule has 0 radical (unpaired) electrons. The van der Waals surface area contributed by atoms with Gasteiger partial charge in [0, 0.05) is 17.4 Å². The largest absolute Gasteiger partial charge is 0.395 e. The first-order valence-electron chi connectivity index (χ1n) is 4.58. The highest BCUT2D eigenvalue weighted by molar-refractivity contribution is 8.01. The van der Waals surface area contributed by atoms with Gasteiger partial charge < -0.3 is 10.8 Å². The molecule has 0 aromatic carbocycles. The maximum absolute atomic E-state index is 11.3. The van der Waals surface area contributed by atoms with Crippen LogP contribution in [0.3, 0.4) is 0 Å². The summed E-state index contributed by atoms with van der Waals surface area (Å²) < 4.78 is 22.6. The maximum Gasteiger partial charge on any atom is 0.218 e. The summed E-state index contributed by atoms with van der Waals surface area (Å²) in [5.74, 6) is -0.330. The molecule has 1 atom stereocenters. The van der Waals surface area contributed by atoms with Crippen molar-refractivity contribution in [2.45, 2.75) is 18.6 Å². The molecule has 0 heterocycles. The van der Waals surface area contributed by atoms with E-state index in [2.05, 4.69) is 0 Å². The van der Waals surface area contributed by atoms with E-state index in [4.69, 9.17) is 10.8 Å². The number of nitrogens with two attached hydrogens (primary N) is 1. The lowest BCUT2D eigenvalue weighted by atomic mass is 10.5. The number of carbonyl (C=O) groups is 1. The van der Waals surface area contributed by atoms with E-state index in [1.54, 1.807) is 0 Å². The van der Waals surface area contributed by atoms with E-state index in [9.17, 15) is 13.2 Å². The lowest BCUT2D eigenvalue weighted by molar-refractivity contribution is -0.117. The van der Waals surface area contributed by atoms with Crippen molar-refractivity contribution in [2.75, 3.05) is 23.9 Å². The zero-order chi connectivity index (χ0) is 11.9. The van der Waals surface area contributed by atoms with E-state index in [1.807, 2.05) is 6.92 Å². The summed E-state index contributed by atoms with van der Waals surface area (Å²) in [6.45, 7) is 1.85. The third-order valence-electron chi connectivity index (χ3n) is 1.71. The van der Waals surface area contributed by atoms with Crippen molar-refractivity contribution in [1.82, 2.24) is 0 Å². The zero-order valence-electron chi connectivity index (χ0n) is 8.68. The first-order chi connectivity index (χ1) is 6.87. The second-order valence-electron chi connectivity index (χ2n) is 3.23. The number of primary amides is 1. The average molecular weight is 255 g/mol. The van der Waals surface area contributed by atoms with Gasteiger partial charge in [0.05, 0.1) is 18.1 Å². The molecule has 0 aliphatic carbocycles. The summed E-state index contributed by atoms with van der Waals surface area (Å²) in [6.07, 6.45) is -0.122. The number of aliphatic hydroxyl groups is 1. The lowest BCUT2D eigenvalue weighted by Crippen LogP contribution is -2.20. The molecule has 90 valence electrons. The molecule has 0 saturated heterocycles. The Morgan fingerprint density at radius 2 is 2.07 bits per heavy atom. The molecule has 0 saturated carbocycles. The first-order valence-corrected chi connectivity index (χ1v) is 7.45. The summed E-state index contributed by atoms with van der Waals surface area (Å²) in [7, 11) is -3.18. The molecule has 0 aromatic heterocycles. The minimum Gasteiger partial charge on any atom is -0.395 e. The molecule has 15 heavy (non-hydrogen) atoms. The van der Waals surface area contributed by atoms with Crippen LogP contribution in [0.1, 0.15) is 13.3 Å². The summed E-state index contributed by atoms with van der Waals surface area (Å²) in [5, 5.41) is 8.75. The Kier molecular flexibility index (Phi) is 6.95. The van der Waals surface area contributed by atoms with Crippen molar-refractivity contribution in [3.63, 3.8) is 0 Å². The fourth-order valence-corrected chi connectivity index (χ4v) is 3.41. The summed E-state index contributed by atoms with van der Waals surface area (Å²) in [5.41, 5.74) is 4.86. The summed E-state index contributed by atoms with van der Waals surface area (Å²) in [6, 6.07) is 0. The monoisotopic (exact) mass is 255 g/mol. The van der Waals surface area contributed by atoms with Crippen molar-refractivity contribution in [3.05, 3.63) is 0 Å². The molecule has 0 spiro atoms. The molecular formula is C8H17NO4S2. The predicted molar refractivity (Wildman–Crippen MR) is 61.5 cm³/mol. The predicted octanol–water partition coefficient (Wildman–Crippen LogP) is -0.609. The van der Waals surface area contributed by atoms with E-state index in [1.165, 1.54) is 11.8 Å². The van der Waals surface area contributed by atoms with Crippen LogP contribution in [0.2, 0.25) is 0 Å². The van der Waals surface area contributed by atoms with E-state index in [0.29, 0.717) is 5.75 Å². The second kappa shape index (κ2) is 7.08. The van der Waals surface area contributed by atoms with Crippen molar-refractivity contribution in [1.29, 1.82) is 0 Å². The van der Waals surface area contributed by atoms with Gasteiger partial charge in [-0.05, 0) is 0 Å². The summed E-state index contributed by atoms with van der Waals surface area (Å²) >= 11 is 1.39. The third-order valence-corrected chi connectivity index (χ3v) is 4.78. The molecule has 1 amide bonds. The van der Waals surface area contributed by atoms with E-state index in [0.717, 1.165) is 0 Å². The van der Waals surface area contributed by atoms with Crippen LogP contribution in [0.5, 0.6) is 0 Å². The van der Waals surface area contributed by atoms with E-state index in [-0.39, 0.29) is 29.8 Å². The van der Waals surface area contributed by atoms with Crippen LogP contribution in [0.4, 0.5) is 0 Å². The smallest absolute Gasteiger partial charge is 0.218 e. The van der Waals surface area contributed by atoms with Crippen LogP contribution in [0.15, 0.2) is 0 Å². The first kappa shape index (κ1) is 14.7. The molecule has 5 nitrogen and oxygen atoms in total. The molecule has 0 bridgehead atoms. The fourth-order valence-electron chi connectivity index (χ4n) is 0.787. The van der Waals surface area contributed by atoms with Crippen LogP contribution >= 0.6 is 11.8 Å². The Hall–Kier alpha value is -0.270. The Morgan fingerprint density at radius 1 is 1.47 bits per heavy atom. The topological polar surface area (TPSA) is 97.5 Å². The lowest BCUT2D eigenvalue weighted by Gasteiger charge is -2.07. The van der Waals surface area contributed by atoms with Gasteiger partial charge in [0.1, 0.15) is 0 Å². The highest BCUT2D eigenvalue weighted by atomic mass is 32.2. The molecule has 0 aliphatic heterocycles. The highest BCUT2D eigenvalue weighted by Crippen LogP contribution is 2.10. The number of rotatable bonds is 8. The van der Waals surface area contributed by atoms with E-state index >= 15 is 0 Å².